The van der Waals surface area contributed by atoms with Gasteiger partial charge in [0.25, 0.3) is 0 Å². The monoisotopic (exact) mass is 324 g/mol. The minimum absolute atomic E-state index is 0.0686. The molecule has 0 saturated carbocycles. The van der Waals surface area contributed by atoms with Crippen LogP contribution < -0.4 is 5.32 Å². The third-order valence-electron chi connectivity index (χ3n) is 3.33. The average Bonchev–Trinajstić information content (AvgIpc) is 2.36. The molecule has 1 aliphatic rings. The lowest BCUT2D eigenvalue weighted by molar-refractivity contribution is -0.124. The van der Waals surface area contributed by atoms with Crippen LogP contribution in [0.5, 0.6) is 0 Å². The van der Waals surface area contributed by atoms with E-state index in [1.165, 1.54) is 0 Å². The fraction of sp³-hybridized carbons (Fsp3) is 0.429. The molecule has 0 radical (unpaired) electrons. The van der Waals surface area contributed by atoms with Crippen LogP contribution >= 0.6 is 15.9 Å². The molecule has 2 rings (SSSR count). The number of rotatable bonds is 1. The molecule has 102 valence electrons. The first-order valence-electron chi connectivity index (χ1n) is 6.32. The molecule has 5 heteroatoms. The van der Waals surface area contributed by atoms with Crippen molar-refractivity contribution in [3.8, 4) is 0 Å². The molecular formula is C14H17BrN2O2. The van der Waals surface area contributed by atoms with Crippen LogP contribution in [-0.2, 0) is 4.79 Å². The van der Waals surface area contributed by atoms with Gasteiger partial charge in [0.05, 0.1) is 5.69 Å². The number of anilines is 1. The van der Waals surface area contributed by atoms with Gasteiger partial charge in [0.2, 0.25) is 0 Å². The number of Topliss-reactive ketones (excluding diaryl/α,β-unsaturated/α-hetero) is 1. The van der Waals surface area contributed by atoms with Crippen molar-refractivity contribution in [1.82, 2.24) is 4.90 Å². The Hall–Kier alpha value is -1.36. The second-order valence-corrected chi connectivity index (χ2v) is 5.83. The highest BCUT2D eigenvalue weighted by Gasteiger charge is 2.26. The molecule has 0 spiro atoms. The molecule has 1 aromatic rings. The van der Waals surface area contributed by atoms with Gasteiger partial charge >= 0.3 is 6.03 Å². The zero-order chi connectivity index (χ0) is 14.0. The number of amides is 2. The molecule has 4 nitrogen and oxygen atoms in total. The summed E-state index contributed by atoms with van der Waals surface area (Å²) in [6.45, 7) is 4.85. The van der Waals surface area contributed by atoms with Gasteiger partial charge in [-0.15, -0.1) is 0 Å². The van der Waals surface area contributed by atoms with E-state index in [1.807, 2.05) is 32.0 Å². The van der Waals surface area contributed by atoms with Crippen LogP contribution in [0, 0.1) is 12.8 Å². The van der Waals surface area contributed by atoms with Gasteiger partial charge in [0.15, 0.2) is 0 Å². The molecule has 0 bridgehead atoms. The van der Waals surface area contributed by atoms with Gasteiger partial charge in [-0.05, 0) is 40.5 Å². The first-order chi connectivity index (χ1) is 8.97. The van der Waals surface area contributed by atoms with Crippen LogP contribution in [-0.4, -0.2) is 29.8 Å². The molecule has 1 aliphatic heterocycles. The van der Waals surface area contributed by atoms with E-state index < -0.39 is 0 Å². The van der Waals surface area contributed by atoms with Gasteiger partial charge < -0.3 is 10.2 Å². The topological polar surface area (TPSA) is 49.4 Å². The van der Waals surface area contributed by atoms with Crippen LogP contribution in [0.4, 0.5) is 10.5 Å². The highest BCUT2D eigenvalue weighted by Crippen LogP contribution is 2.24. The summed E-state index contributed by atoms with van der Waals surface area (Å²) in [6, 6.07) is 5.63. The Labute approximate surface area is 121 Å². The molecule has 1 N–H and O–H groups in total. The molecule has 19 heavy (non-hydrogen) atoms. The maximum atomic E-state index is 12.1. The number of piperidine rings is 1. The number of hydrogen-bond donors (Lipinski definition) is 1. The molecular weight excluding hydrogens is 308 g/mol. The summed E-state index contributed by atoms with van der Waals surface area (Å²) in [6.07, 6.45) is 0.448. The zero-order valence-corrected chi connectivity index (χ0v) is 12.7. The Morgan fingerprint density at radius 3 is 2.84 bits per heavy atom. The predicted octanol–water partition coefficient (Wildman–Crippen LogP) is 3.20. The molecule has 0 aromatic heterocycles. The SMILES string of the molecule is Cc1ccc(NC(=O)N2CCC(=O)[C@H](C)C2)c(Br)c1. The van der Waals surface area contributed by atoms with Crippen molar-refractivity contribution in [3.05, 3.63) is 28.2 Å². The van der Waals surface area contributed by atoms with E-state index in [1.54, 1.807) is 4.90 Å². The second kappa shape index (κ2) is 5.74. The number of ketones is 1. The molecule has 2 amide bonds. The predicted molar refractivity (Wildman–Crippen MR) is 78.3 cm³/mol. The lowest BCUT2D eigenvalue weighted by Crippen LogP contribution is -2.45. The summed E-state index contributed by atoms with van der Waals surface area (Å²) in [4.78, 5) is 25.3. The molecule has 1 atom stereocenters. The number of urea groups is 1. The largest absolute Gasteiger partial charge is 0.323 e. The van der Waals surface area contributed by atoms with E-state index in [9.17, 15) is 9.59 Å². The van der Waals surface area contributed by atoms with E-state index in [0.29, 0.717) is 19.5 Å². The quantitative estimate of drug-likeness (QED) is 0.862. The van der Waals surface area contributed by atoms with E-state index >= 15 is 0 Å². The van der Waals surface area contributed by atoms with Crippen LogP contribution in [0.1, 0.15) is 18.9 Å². The number of carbonyl (C=O) groups excluding carboxylic acids is 2. The van der Waals surface area contributed by atoms with Gasteiger partial charge in [0.1, 0.15) is 5.78 Å². The minimum Gasteiger partial charge on any atom is -0.323 e. The number of nitrogens with zero attached hydrogens (tertiary/aromatic N) is 1. The average molecular weight is 325 g/mol. The lowest BCUT2D eigenvalue weighted by atomic mass is 9.99. The Morgan fingerprint density at radius 2 is 2.21 bits per heavy atom. The number of aryl methyl sites for hydroxylation is 1. The first kappa shape index (κ1) is 14.1. The van der Waals surface area contributed by atoms with Crippen LogP contribution in [0.25, 0.3) is 0 Å². The smallest absolute Gasteiger partial charge is 0.321 e. The summed E-state index contributed by atoms with van der Waals surface area (Å²) < 4.78 is 0.863. The van der Waals surface area contributed by atoms with Gasteiger partial charge in [-0.3, -0.25) is 4.79 Å². The number of nitrogens with one attached hydrogen (secondary N) is 1. The van der Waals surface area contributed by atoms with Crippen molar-refractivity contribution in [3.63, 3.8) is 0 Å². The van der Waals surface area contributed by atoms with Crippen molar-refractivity contribution in [2.45, 2.75) is 20.3 Å². The molecule has 0 aliphatic carbocycles. The summed E-state index contributed by atoms with van der Waals surface area (Å²) in [7, 11) is 0. The first-order valence-corrected chi connectivity index (χ1v) is 7.11. The lowest BCUT2D eigenvalue weighted by Gasteiger charge is -2.30. The highest BCUT2D eigenvalue weighted by atomic mass is 79.9. The van der Waals surface area contributed by atoms with Gasteiger partial charge in [-0.2, -0.15) is 0 Å². The number of carbonyl (C=O) groups is 2. The Morgan fingerprint density at radius 1 is 1.47 bits per heavy atom. The number of likely N-dealkylation sites (tertiary alicyclic amines) is 1. The van der Waals surface area contributed by atoms with E-state index in [2.05, 4.69) is 21.2 Å². The highest BCUT2D eigenvalue weighted by molar-refractivity contribution is 9.10. The Kier molecular flexibility index (Phi) is 4.24. The van der Waals surface area contributed by atoms with Crippen molar-refractivity contribution in [2.75, 3.05) is 18.4 Å². The minimum atomic E-state index is -0.149. The van der Waals surface area contributed by atoms with Crippen LogP contribution in [0.15, 0.2) is 22.7 Å². The molecule has 0 unspecified atom stereocenters. The maximum Gasteiger partial charge on any atom is 0.321 e. The van der Waals surface area contributed by atoms with Crippen molar-refractivity contribution in [1.29, 1.82) is 0 Å². The second-order valence-electron chi connectivity index (χ2n) is 4.98. The van der Waals surface area contributed by atoms with Crippen LogP contribution in [0.3, 0.4) is 0 Å². The fourth-order valence-electron chi connectivity index (χ4n) is 2.12. The Balaban J connectivity index is 2.03. The van der Waals surface area contributed by atoms with Crippen molar-refractivity contribution < 1.29 is 9.59 Å². The molecule has 1 fully saturated rings. The summed E-state index contributed by atoms with van der Waals surface area (Å²) in [5, 5.41) is 2.87. The molecule has 1 saturated heterocycles. The van der Waals surface area contributed by atoms with E-state index in [0.717, 1.165) is 15.7 Å². The molecule has 1 heterocycles. The number of halogens is 1. The normalized spacial score (nSPS) is 19.4. The number of hydrogen-bond acceptors (Lipinski definition) is 2. The third-order valence-corrected chi connectivity index (χ3v) is 3.98. The molecule has 1 aromatic carbocycles. The Bertz CT molecular complexity index is 516. The van der Waals surface area contributed by atoms with Gasteiger partial charge in [0, 0.05) is 29.9 Å². The number of benzene rings is 1. The van der Waals surface area contributed by atoms with Crippen LogP contribution in [0.2, 0.25) is 0 Å². The van der Waals surface area contributed by atoms with Crippen molar-refractivity contribution >= 4 is 33.4 Å². The van der Waals surface area contributed by atoms with Gasteiger partial charge in [-0.25, -0.2) is 4.79 Å². The summed E-state index contributed by atoms with van der Waals surface area (Å²) in [5.74, 6) is 0.168. The van der Waals surface area contributed by atoms with Crippen molar-refractivity contribution in [2.24, 2.45) is 5.92 Å². The fourth-order valence-corrected chi connectivity index (χ4v) is 2.71. The summed E-state index contributed by atoms with van der Waals surface area (Å²) in [5.41, 5.74) is 1.88. The third kappa shape index (κ3) is 3.35. The summed E-state index contributed by atoms with van der Waals surface area (Å²) >= 11 is 3.43. The standard InChI is InChI=1S/C14H17BrN2O2/c1-9-3-4-12(11(15)7-9)16-14(19)17-6-5-13(18)10(2)8-17/h3-4,7,10H,5-6,8H2,1-2H3,(H,16,19)/t10-/m1/s1. The maximum absolute atomic E-state index is 12.1. The van der Waals surface area contributed by atoms with E-state index in [4.69, 9.17) is 0 Å². The van der Waals surface area contributed by atoms with E-state index in [-0.39, 0.29) is 17.7 Å². The van der Waals surface area contributed by atoms with Gasteiger partial charge in [-0.1, -0.05) is 13.0 Å². The zero-order valence-electron chi connectivity index (χ0n) is 11.1.